The fourth-order valence-corrected chi connectivity index (χ4v) is 2.77. The van der Waals surface area contributed by atoms with E-state index in [0.29, 0.717) is 28.5 Å². The Hall–Kier alpha value is -3.61. The van der Waals surface area contributed by atoms with E-state index >= 15 is 0 Å². The van der Waals surface area contributed by atoms with Crippen molar-refractivity contribution in [2.75, 3.05) is 11.8 Å². The SMILES string of the molecule is CC1=NN(c2ccc(C(=O)O)cc2)C(=O)/C1=C\c1ccc2c(c1)OCO2. The Balaban J connectivity index is 1.63. The third-order valence-corrected chi connectivity index (χ3v) is 4.13. The molecule has 0 saturated carbocycles. The molecule has 7 heteroatoms. The van der Waals surface area contributed by atoms with Crippen LogP contribution in [-0.4, -0.2) is 29.5 Å². The highest BCUT2D eigenvalue weighted by Gasteiger charge is 2.29. The molecular weight excluding hydrogens is 336 g/mol. The number of anilines is 1. The molecule has 7 nitrogen and oxygen atoms in total. The molecule has 0 aromatic heterocycles. The number of ether oxygens (including phenoxy) is 2. The molecule has 0 unspecified atom stereocenters. The summed E-state index contributed by atoms with van der Waals surface area (Å²) in [5, 5.41) is 14.5. The lowest BCUT2D eigenvalue weighted by atomic mass is 10.1. The smallest absolute Gasteiger partial charge is 0.335 e. The van der Waals surface area contributed by atoms with Crippen molar-refractivity contribution in [3.05, 3.63) is 59.2 Å². The number of carbonyl (C=O) groups excluding carboxylic acids is 1. The van der Waals surface area contributed by atoms with Crippen molar-refractivity contribution in [3.63, 3.8) is 0 Å². The van der Waals surface area contributed by atoms with Crippen LogP contribution in [-0.2, 0) is 4.79 Å². The third kappa shape index (κ3) is 2.69. The molecule has 26 heavy (non-hydrogen) atoms. The Morgan fingerprint density at radius 1 is 1.15 bits per heavy atom. The van der Waals surface area contributed by atoms with Crippen molar-refractivity contribution in [2.24, 2.45) is 5.10 Å². The first-order valence-corrected chi connectivity index (χ1v) is 7.88. The molecule has 0 fully saturated rings. The maximum absolute atomic E-state index is 12.7. The van der Waals surface area contributed by atoms with Crippen LogP contribution in [0.4, 0.5) is 5.69 Å². The summed E-state index contributed by atoms with van der Waals surface area (Å²) in [6.07, 6.45) is 1.74. The van der Waals surface area contributed by atoms with Gasteiger partial charge in [-0.2, -0.15) is 10.1 Å². The summed E-state index contributed by atoms with van der Waals surface area (Å²) in [4.78, 5) is 23.7. The Bertz CT molecular complexity index is 976. The second-order valence-electron chi connectivity index (χ2n) is 5.83. The zero-order valence-electron chi connectivity index (χ0n) is 13.8. The molecule has 2 aliphatic heterocycles. The summed E-state index contributed by atoms with van der Waals surface area (Å²) in [7, 11) is 0. The molecule has 2 heterocycles. The average molecular weight is 350 g/mol. The fourth-order valence-electron chi connectivity index (χ4n) is 2.77. The molecule has 4 rings (SSSR count). The molecule has 0 spiro atoms. The lowest BCUT2D eigenvalue weighted by molar-refractivity contribution is -0.114. The first kappa shape index (κ1) is 15.9. The van der Waals surface area contributed by atoms with E-state index in [-0.39, 0.29) is 18.3 Å². The predicted molar refractivity (Wildman–Crippen MR) is 94.5 cm³/mol. The van der Waals surface area contributed by atoms with Crippen LogP contribution in [0.25, 0.3) is 6.08 Å². The second-order valence-corrected chi connectivity index (χ2v) is 5.83. The molecule has 1 amide bonds. The monoisotopic (exact) mass is 350 g/mol. The summed E-state index contributed by atoms with van der Waals surface area (Å²) >= 11 is 0. The molecule has 2 aromatic rings. The van der Waals surface area contributed by atoms with E-state index in [4.69, 9.17) is 14.6 Å². The van der Waals surface area contributed by atoms with Gasteiger partial charge >= 0.3 is 5.97 Å². The van der Waals surface area contributed by atoms with Crippen LogP contribution in [0.1, 0.15) is 22.8 Å². The Kier molecular flexibility index (Phi) is 3.69. The highest BCUT2D eigenvalue weighted by Crippen LogP contribution is 2.34. The minimum absolute atomic E-state index is 0.150. The van der Waals surface area contributed by atoms with Crippen LogP contribution in [0.2, 0.25) is 0 Å². The first-order valence-electron chi connectivity index (χ1n) is 7.88. The lowest BCUT2D eigenvalue weighted by Gasteiger charge is -2.11. The Morgan fingerprint density at radius 2 is 1.88 bits per heavy atom. The number of fused-ring (bicyclic) bond motifs is 1. The molecule has 0 aliphatic carbocycles. The van der Waals surface area contributed by atoms with E-state index in [9.17, 15) is 9.59 Å². The van der Waals surface area contributed by atoms with Crippen molar-refractivity contribution in [1.82, 2.24) is 0 Å². The highest BCUT2D eigenvalue weighted by molar-refractivity contribution is 6.32. The predicted octanol–water partition coefficient (Wildman–Crippen LogP) is 2.92. The lowest BCUT2D eigenvalue weighted by Crippen LogP contribution is -2.21. The van der Waals surface area contributed by atoms with Gasteiger partial charge in [0.15, 0.2) is 11.5 Å². The van der Waals surface area contributed by atoms with Crippen molar-refractivity contribution in [1.29, 1.82) is 0 Å². The molecule has 0 saturated heterocycles. The van der Waals surface area contributed by atoms with E-state index in [0.717, 1.165) is 5.56 Å². The van der Waals surface area contributed by atoms with Gasteiger partial charge in [-0.05, 0) is 55.0 Å². The Labute approximate surface area is 148 Å². The summed E-state index contributed by atoms with van der Waals surface area (Å²) in [5.74, 6) is 0.0200. The summed E-state index contributed by atoms with van der Waals surface area (Å²) in [5.41, 5.74) is 2.50. The minimum atomic E-state index is -1.02. The van der Waals surface area contributed by atoms with E-state index < -0.39 is 5.97 Å². The van der Waals surface area contributed by atoms with Crippen molar-refractivity contribution in [2.45, 2.75) is 6.92 Å². The second kappa shape index (κ2) is 6.03. The topological polar surface area (TPSA) is 88.4 Å². The highest BCUT2D eigenvalue weighted by atomic mass is 16.7. The summed E-state index contributed by atoms with van der Waals surface area (Å²) in [6.45, 7) is 1.94. The van der Waals surface area contributed by atoms with E-state index in [1.165, 1.54) is 17.1 Å². The molecule has 0 atom stereocenters. The van der Waals surface area contributed by atoms with Gasteiger partial charge in [0.2, 0.25) is 6.79 Å². The van der Waals surface area contributed by atoms with E-state index in [2.05, 4.69) is 5.10 Å². The van der Waals surface area contributed by atoms with Crippen molar-refractivity contribution >= 4 is 29.4 Å². The number of aromatic carboxylic acids is 1. The normalized spacial score (nSPS) is 17.0. The van der Waals surface area contributed by atoms with Gasteiger partial charge in [0, 0.05) is 0 Å². The molecule has 2 aliphatic rings. The van der Waals surface area contributed by atoms with Gasteiger partial charge in [0.25, 0.3) is 5.91 Å². The summed E-state index contributed by atoms with van der Waals surface area (Å²) < 4.78 is 10.6. The zero-order chi connectivity index (χ0) is 18.3. The van der Waals surface area contributed by atoms with Gasteiger partial charge in [-0.1, -0.05) is 6.07 Å². The standard InChI is InChI=1S/C19H14N2O5/c1-11-15(8-12-2-7-16-17(9-12)26-10-25-16)18(22)21(20-11)14-5-3-13(4-6-14)19(23)24/h2-9H,10H2,1H3,(H,23,24)/b15-8-. The van der Waals surface area contributed by atoms with Gasteiger partial charge in [-0.3, -0.25) is 4.79 Å². The number of benzene rings is 2. The van der Waals surface area contributed by atoms with E-state index in [1.54, 1.807) is 37.3 Å². The number of carboxylic acid groups (broad SMARTS) is 1. The minimum Gasteiger partial charge on any atom is -0.478 e. The maximum atomic E-state index is 12.7. The number of hydrogen-bond donors (Lipinski definition) is 1. The zero-order valence-corrected chi connectivity index (χ0v) is 13.8. The van der Waals surface area contributed by atoms with Gasteiger partial charge in [-0.25, -0.2) is 4.79 Å². The number of nitrogens with zero attached hydrogens (tertiary/aromatic N) is 2. The third-order valence-electron chi connectivity index (χ3n) is 4.13. The maximum Gasteiger partial charge on any atom is 0.335 e. The first-order chi connectivity index (χ1) is 12.5. The van der Waals surface area contributed by atoms with Crippen LogP contribution < -0.4 is 14.5 Å². The molecule has 2 aromatic carbocycles. The van der Waals surface area contributed by atoms with Crippen molar-refractivity contribution < 1.29 is 24.2 Å². The number of carboxylic acids is 1. The van der Waals surface area contributed by atoms with Crippen LogP contribution in [0.15, 0.2) is 53.1 Å². The number of amides is 1. The van der Waals surface area contributed by atoms with Gasteiger partial charge < -0.3 is 14.6 Å². The number of hydrogen-bond acceptors (Lipinski definition) is 5. The van der Waals surface area contributed by atoms with Crippen LogP contribution >= 0.6 is 0 Å². The van der Waals surface area contributed by atoms with Crippen LogP contribution in [0, 0.1) is 0 Å². The largest absolute Gasteiger partial charge is 0.478 e. The molecular formula is C19H14N2O5. The molecule has 0 bridgehead atoms. The summed E-state index contributed by atoms with van der Waals surface area (Å²) in [6, 6.07) is 11.4. The number of hydrazone groups is 1. The molecule has 0 radical (unpaired) electrons. The average Bonchev–Trinajstić information content (AvgIpc) is 3.21. The van der Waals surface area contributed by atoms with Gasteiger partial charge in [0.05, 0.1) is 22.5 Å². The number of rotatable bonds is 3. The van der Waals surface area contributed by atoms with Gasteiger partial charge in [0.1, 0.15) is 0 Å². The molecule has 1 N–H and O–H groups in total. The van der Waals surface area contributed by atoms with Crippen LogP contribution in [0.3, 0.4) is 0 Å². The number of carbonyl (C=O) groups is 2. The van der Waals surface area contributed by atoms with Crippen molar-refractivity contribution in [3.8, 4) is 11.5 Å². The van der Waals surface area contributed by atoms with Crippen LogP contribution in [0.5, 0.6) is 11.5 Å². The van der Waals surface area contributed by atoms with E-state index in [1.807, 2.05) is 6.07 Å². The molecule has 130 valence electrons. The van der Waals surface area contributed by atoms with Gasteiger partial charge in [-0.15, -0.1) is 0 Å². The Morgan fingerprint density at radius 3 is 2.62 bits per heavy atom. The quantitative estimate of drug-likeness (QED) is 0.860. The fraction of sp³-hybridized carbons (Fsp3) is 0.105.